The average molecular weight is 495 g/mol. The predicted molar refractivity (Wildman–Crippen MR) is 136 cm³/mol. The Morgan fingerprint density at radius 3 is 2.36 bits per heavy atom. The van der Waals surface area contributed by atoms with Gasteiger partial charge in [0, 0.05) is 57.3 Å². The highest BCUT2D eigenvalue weighted by atomic mass is 19.1. The maximum absolute atomic E-state index is 13.6. The number of amides is 2. The molecule has 3 heterocycles. The van der Waals surface area contributed by atoms with Gasteiger partial charge in [-0.2, -0.15) is 4.98 Å². The Kier molecular flexibility index (Phi) is 6.81. The fraction of sp³-hybridized carbons (Fsp3) is 0.556. The summed E-state index contributed by atoms with van der Waals surface area (Å²) in [5.74, 6) is 1.13. The molecule has 1 saturated heterocycles. The summed E-state index contributed by atoms with van der Waals surface area (Å²) in [5, 5.41) is 0. The molecule has 0 spiro atoms. The van der Waals surface area contributed by atoms with Crippen molar-refractivity contribution in [2.75, 3.05) is 36.0 Å². The van der Waals surface area contributed by atoms with Crippen LogP contribution in [0.1, 0.15) is 68.1 Å². The molecular formula is C27H35FN6O2. The van der Waals surface area contributed by atoms with Crippen LogP contribution in [0.3, 0.4) is 0 Å². The topological polar surface area (TPSA) is 72.9 Å². The Labute approximate surface area is 212 Å². The van der Waals surface area contributed by atoms with E-state index in [1.54, 1.807) is 6.92 Å². The highest BCUT2D eigenvalue weighted by Gasteiger charge is 2.38. The van der Waals surface area contributed by atoms with Crippen LogP contribution in [0.25, 0.3) is 0 Å². The van der Waals surface area contributed by atoms with E-state index in [0.29, 0.717) is 57.0 Å². The molecule has 0 bridgehead atoms. The summed E-state index contributed by atoms with van der Waals surface area (Å²) in [6.45, 7) is 9.20. The second kappa shape index (κ2) is 10.0. The molecule has 9 heteroatoms. The number of piperazine rings is 1. The molecule has 36 heavy (non-hydrogen) atoms. The van der Waals surface area contributed by atoms with E-state index in [0.717, 1.165) is 42.6 Å². The zero-order valence-electron chi connectivity index (χ0n) is 21.4. The number of carbonyl (C=O) groups excluding carboxylic acids is 2. The molecule has 0 atom stereocenters. The minimum absolute atomic E-state index is 0.0548. The number of rotatable bonds is 6. The molecule has 5 rings (SSSR count). The largest absolute Gasteiger partial charge is 0.349 e. The van der Waals surface area contributed by atoms with Crippen molar-refractivity contribution in [2.45, 2.75) is 71.6 Å². The normalized spacial score (nSPS) is 18.4. The monoisotopic (exact) mass is 494 g/mol. The standard InChI is InChI=1S/C27H35FN6O2/c1-18(2)33-17-23-24(26(33)36)29-27(32-14-12-31(13-15-32)19(3)35)30-25(23)34(22-6-4-5-7-22)16-20-8-10-21(28)11-9-20/h8-11,18,22H,4-7,12-17H2,1-3H3. The fourth-order valence-electron chi connectivity index (χ4n) is 5.56. The van der Waals surface area contributed by atoms with Crippen molar-refractivity contribution >= 4 is 23.6 Å². The smallest absolute Gasteiger partial charge is 0.273 e. The summed E-state index contributed by atoms with van der Waals surface area (Å²) >= 11 is 0. The molecule has 192 valence electrons. The Bertz CT molecular complexity index is 1120. The molecule has 1 aromatic carbocycles. The Morgan fingerprint density at radius 2 is 1.75 bits per heavy atom. The molecule has 2 aliphatic heterocycles. The van der Waals surface area contributed by atoms with Gasteiger partial charge in [-0.3, -0.25) is 9.59 Å². The first-order chi connectivity index (χ1) is 17.3. The van der Waals surface area contributed by atoms with E-state index in [1.165, 1.54) is 12.1 Å². The lowest BCUT2D eigenvalue weighted by atomic mass is 10.1. The summed E-state index contributed by atoms with van der Waals surface area (Å²) in [6, 6.07) is 7.00. The van der Waals surface area contributed by atoms with Crippen molar-refractivity contribution in [2.24, 2.45) is 0 Å². The Balaban J connectivity index is 1.55. The van der Waals surface area contributed by atoms with Crippen LogP contribution in [0.5, 0.6) is 0 Å². The molecule has 1 aromatic heterocycles. The second-order valence-electron chi connectivity index (χ2n) is 10.4. The highest BCUT2D eigenvalue weighted by Crippen LogP contribution is 2.37. The number of halogens is 1. The number of carbonyl (C=O) groups is 2. The van der Waals surface area contributed by atoms with Gasteiger partial charge >= 0.3 is 0 Å². The zero-order chi connectivity index (χ0) is 25.4. The van der Waals surface area contributed by atoms with Crippen molar-refractivity contribution in [3.63, 3.8) is 0 Å². The van der Waals surface area contributed by atoms with Crippen LogP contribution in [-0.4, -0.2) is 69.8 Å². The average Bonchev–Trinajstić information content (AvgIpc) is 3.52. The summed E-state index contributed by atoms with van der Waals surface area (Å²) in [4.78, 5) is 43.2. The summed E-state index contributed by atoms with van der Waals surface area (Å²) in [5.41, 5.74) is 2.38. The number of nitrogens with zero attached hydrogens (tertiary/aromatic N) is 6. The van der Waals surface area contributed by atoms with Crippen LogP contribution in [0.4, 0.5) is 16.2 Å². The number of benzene rings is 1. The quantitative estimate of drug-likeness (QED) is 0.611. The molecular weight excluding hydrogens is 459 g/mol. The summed E-state index contributed by atoms with van der Waals surface area (Å²) < 4.78 is 13.6. The van der Waals surface area contributed by atoms with Crippen LogP contribution in [-0.2, 0) is 17.9 Å². The number of anilines is 2. The molecule has 8 nitrogen and oxygen atoms in total. The van der Waals surface area contributed by atoms with E-state index < -0.39 is 0 Å². The number of hydrogen-bond donors (Lipinski definition) is 0. The molecule has 0 radical (unpaired) electrons. The number of aromatic nitrogens is 2. The minimum atomic E-state index is -0.251. The van der Waals surface area contributed by atoms with E-state index in [4.69, 9.17) is 9.97 Å². The van der Waals surface area contributed by atoms with Gasteiger partial charge < -0.3 is 19.6 Å². The molecule has 0 N–H and O–H groups in total. The maximum Gasteiger partial charge on any atom is 0.273 e. The van der Waals surface area contributed by atoms with Crippen LogP contribution in [0.2, 0.25) is 0 Å². The molecule has 1 saturated carbocycles. The third-order valence-electron chi connectivity index (χ3n) is 7.70. The van der Waals surface area contributed by atoms with Crippen LogP contribution in [0.15, 0.2) is 24.3 Å². The van der Waals surface area contributed by atoms with Crippen LogP contribution >= 0.6 is 0 Å². The number of hydrogen-bond acceptors (Lipinski definition) is 6. The van der Waals surface area contributed by atoms with Crippen molar-refractivity contribution in [3.05, 3.63) is 46.9 Å². The van der Waals surface area contributed by atoms with E-state index in [9.17, 15) is 14.0 Å². The lowest BCUT2D eigenvalue weighted by Gasteiger charge is -2.36. The van der Waals surface area contributed by atoms with Gasteiger partial charge in [-0.15, -0.1) is 0 Å². The van der Waals surface area contributed by atoms with E-state index in [-0.39, 0.29) is 23.7 Å². The maximum atomic E-state index is 13.6. The molecule has 3 aliphatic rings. The third-order valence-corrected chi connectivity index (χ3v) is 7.70. The van der Waals surface area contributed by atoms with Gasteiger partial charge in [0.25, 0.3) is 5.91 Å². The molecule has 2 aromatic rings. The lowest BCUT2D eigenvalue weighted by Crippen LogP contribution is -2.48. The Hall–Kier alpha value is -3.23. The summed E-state index contributed by atoms with van der Waals surface area (Å²) in [7, 11) is 0. The van der Waals surface area contributed by atoms with Gasteiger partial charge in [0.1, 0.15) is 17.3 Å². The van der Waals surface area contributed by atoms with E-state index in [2.05, 4.69) is 9.80 Å². The predicted octanol–water partition coefficient (Wildman–Crippen LogP) is 3.60. The first kappa shape index (κ1) is 24.5. The Morgan fingerprint density at radius 1 is 1.08 bits per heavy atom. The minimum Gasteiger partial charge on any atom is -0.349 e. The van der Waals surface area contributed by atoms with Crippen molar-refractivity contribution in [1.29, 1.82) is 0 Å². The van der Waals surface area contributed by atoms with Gasteiger partial charge in [-0.25, -0.2) is 9.37 Å². The molecule has 2 fully saturated rings. The lowest BCUT2D eigenvalue weighted by molar-refractivity contribution is -0.129. The highest BCUT2D eigenvalue weighted by molar-refractivity contribution is 5.98. The van der Waals surface area contributed by atoms with Crippen LogP contribution < -0.4 is 9.80 Å². The van der Waals surface area contributed by atoms with E-state index in [1.807, 2.05) is 35.8 Å². The van der Waals surface area contributed by atoms with Gasteiger partial charge in [0.15, 0.2) is 0 Å². The van der Waals surface area contributed by atoms with Gasteiger partial charge in [-0.05, 0) is 44.4 Å². The third kappa shape index (κ3) is 4.75. The van der Waals surface area contributed by atoms with Crippen molar-refractivity contribution < 1.29 is 14.0 Å². The van der Waals surface area contributed by atoms with Crippen molar-refractivity contribution in [3.8, 4) is 0 Å². The SMILES string of the molecule is CC(=O)N1CCN(c2nc3c(c(N(Cc4ccc(F)cc4)C4CCCC4)n2)CN(C(C)C)C3=O)CC1. The van der Waals surface area contributed by atoms with E-state index >= 15 is 0 Å². The molecule has 0 unspecified atom stereocenters. The van der Waals surface area contributed by atoms with Gasteiger partial charge in [0.05, 0.1) is 6.54 Å². The summed E-state index contributed by atoms with van der Waals surface area (Å²) in [6.07, 6.45) is 4.45. The first-order valence-electron chi connectivity index (χ1n) is 13.0. The van der Waals surface area contributed by atoms with Crippen molar-refractivity contribution in [1.82, 2.24) is 19.8 Å². The van der Waals surface area contributed by atoms with Gasteiger partial charge in [0.2, 0.25) is 11.9 Å². The second-order valence-corrected chi connectivity index (χ2v) is 10.4. The van der Waals surface area contributed by atoms with Gasteiger partial charge in [-0.1, -0.05) is 25.0 Å². The van der Waals surface area contributed by atoms with Crippen LogP contribution in [0, 0.1) is 5.82 Å². The fourth-order valence-corrected chi connectivity index (χ4v) is 5.56. The molecule has 2 amide bonds. The molecule has 1 aliphatic carbocycles. The number of fused-ring (bicyclic) bond motifs is 1. The first-order valence-corrected chi connectivity index (χ1v) is 13.0. The zero-order valence-corrected chi connectivity index (χ0v) is 21.4.